The molecule has 0 radical (unpaired) electrons. The third kappa shape index (κ3) is 2.56. The van der Waals surface area contributed by atoms with E-state index < -0.39 is 11.8 Å². The number of rotatable bonds is 5. The number of aliphatic hydroxyl groups excluding tert-OH is 1. The highest BCUT2D eigenvalue weighted by Crippen LogP contribution is 2.34. The number of nitrogens with zero attached hydrogens (tertiary/aromatic N) is 4. The van der Waals surface area contributed by atoms with Crippen molar-refractivity contribution in [3.05, 3.63) is 54.4 Å². The van der Waals surface area contributed by atoms with Gasteiger partial charge in [0.1, 0.15) is 5.65 Å². The zero-order valence-corrected chi connectivity index (χ0v) is 13.7. The standard InChI is InChI=1S/C18H15N5O3/c24-8-2-7-23-10-12(11-3-1-4-21-16(11)23)14-15(18(26)22-17(14)25)13-9-19-5-6-20-13/h1,3-6,9-10,24H,2,7-8H2,(H,22,25,26). The second-order valence-corrected chi connectivity index (χ2v) is 5.81. The van der Waals surface area contributed by atoms with Gasteiger partial charge in [-0.3, -0.25) is 24.9 Å². The summed E-state index contributed by atoms with van der Waals surface area (Å²) in [7, 11) is 0. The number of aryl methyl sites for hydroxylation is 1. The number of carbonyl (C=O) groups excluding carboxylic acids is 2. The molecule has 0 aliphatic carbocycles. The number of hydrogen-bond donors (Lipinski definition) is 2. The first-order valence-electron chi connectivity index (χ1n) is 8.12. The molecular weight excluding hydrogens is 334 g/mol. The van der Waals surface area contributed by atoms with Crippen LogP contribution >= 0.6 is 0 Å². The molecule has 2 N–H and O–H groups in total. The topological polar surface area (TPSA) is 110 Å². The normalized spacial score (nSPS) is 14.3. The van der Waals surface area contributed by atoms with E-state index in [9.17, 15) is 9.59 Å². The summed E-state index contributed by atoms with van der Waals surface area (Å²) < 4.78 is 1.87. The molecular formula is C18H15N5O3. The van der Waals surface area contributed by atoms with Crippen molar-refractivity contribution in [2.24, 2.45) is 0 Å². The largest absolute Gasteiger partial charge is 0.396 e. The molecule has 2 amide bonds. The van der Waals surface area contributed by atoms with E-state index in [1.807, 2.05) is 10.6 Å². The van der Waals surface area contributed by atoms with E-state index in [1.165, 1.54) is 18.6 Å². The Morgan fingerprint density at radius 3 is 2.69 bits per heavy atom. The third-order valence-electron chi connectivity index (χ3n) is 4.21. The Kier molecular flexibility index (Phi) is 4.02. The summed E-state index contributed by atoms with van der Waals surface area (Å²) in [6, 6.07) is 3.63. The van der Waals surface area contributed by atoms with Gasteiger partial charge in [0.2, 0.25) is 0 Å². The monoisotopic (exact) mass is 349 g/mol. The van der Waals surface area contributed by atoms with Crippen LogP contribution in [0.25, 0.3) is 22.2 Å². The average Bonchev–Trinajstić information content (AvgIpc) is 3.17. The number of carbonyl (C=O) groups is 2. The second-order valence-electron chi connectivity index (χ2n) is 5.81. The van der Waals surface area contributed by atoms with E-state index in [2.05, 4.69) is 20.3 Å². The molecule has 4 rings (SSSR count). The van der Waals surface area contributed by atoms with Gasteiger partial charge in [-0.15, -0.1) is 0 Å². The first-order chi connectivity index (χ1) is 12.7. The van der Waals surface area contributed by atoms with Crippen LogP contribution < -0.4 is 5.32 Å². The third-order valence-corrected chi connectivity index (χ3v) is 4.21. The van der Waals surface area contributed by atoms with Gasteiger partial charge in [-0.2, -0.15) is 0 Å². The molecule has 8 heteroatoms. The van der Waals surface area contributed by atoms with Crippen LogP contribution in [0.1, 0.15) is 17.7 Å². The van der Waals surface area contributed by atoms with Gasteiger partial charge in [-0.1, -0.05) is 0 Å². The number of aliphatic hydroxyl groups is 1. The molecule has 0 bridgehead atoms. The van der Waals surface area contributed by atoms with E-state index in [4.69, 9.17) is 5.11 Å². The Morgan fingerprint density at radius 1 is 1.08 bits per heavy atom. The van der Waals surface area contributed by atoms with Gasteiger partial charge in [0.15, 0.2) is 0 Å². The van der Waals surface area contributed by atoms with Crippen LogP contribution in [0.3, 0.4) is 0 Å². The zero-order valence-electron chi connectivity index (χ0n) is 13.7. The fourth-order valence-corrected chi connectivity index (χ4v) is 3.12. The Morgan fingerprint density at radius 2 is 1.92 bits per heavy atom. The summed E-state index contributed by atoms with van der Waals surface area (Å²) in [5.41, 5.74) is 2.10. The summed E-state index contributed by atoms with van der Waals surface area (Å²) in [6.45, 7) is 0.599. The minimum atomic E-state index is -0.495. The SMILES string of the molecule is O=C1NC(=O)C(c2cn(CCCO)c3ncccc23)=C1c1cnccn1. The van der Waals surface area contributed by atoms with Gasteiger partial charge >= 0.3 is 0 Å². The first-order valence-corrected chi connectivity index (χ1v) is 8.12. The zero-order chi connectivity index (χ0) is 18.1. The molecule has 3 aromatic rings. The van der Waals surface area contributed by atoms with Crippen molar-refractivity contribution >= 4 is 34.0 Å². The molecule has 0 fully saturated rings. The second kappa shape index (κ2) is 6.49. The lowest BCUT2D eigenvalue weighted by atomic mass is 10.00. The number of fused-ring (bicyclic) bond motifs is 1. The van der Waals surface area contributed by atoms with Crippen molar-refractivity contribution < 1.29 is 14.7 Å². The van der Waals surface area contributed by atoms with Crippen molar-refractivity contribution in [2.45, 2.75) is 13.0 Å². The molecule has 1 aliphatic rings. The van der Waals surface area contributed by atoms with Crippen LogP contribution in [-0.2, 0) is 16.1 Å². The maximum Gasteiger partial charge on any atom is 0.261 e. The molecule has 26 heavy (non-hydrogen) atoms. The summed E-state index contributed by atoms with van der Waals surface area (Å²) in [5, 5.41) is 12.2. The van der Waals surface area contributed by atoms with Crippen LogP contribution in [0, 0.1) is 0 Å². The molecule has 130 valence electrons. The molecule has 3 aromatic heterocycles. The Balaban J connectivity index is 1.97. The molecule has 4 heterocycles. The van der Waals surface area contributed by atoms with Crippen LogP contribution in [0.2, 0.25) is 0 Å². The van der Waals surface area contributed by atoms with Gasteiger partial charge in [-0.25, -0.2) is 4.98 Å². The number of aromatic nitrogens is 4. The fraction of sp³-hybridized carbons (Fsp3) is 0.167. The van der Waals surface area contributed by atoms with Crippen molar-refractivity contribution in [1.29, 1.82) is 0 Å². The molecule has 0 aromatic carbocycles. The highest BCUT2D eigenvalue weighted by Gasteiger charge is 2.34. The number of amides is 2. The predicted octanol–water partition coefficient (Wildman–Crippen LogP) is 0.776. The fourth-order valence-electron chi connectivity index (χ4n) is 3.12. The summed E-state index contributed by atoms with van der Waals surface area (Å²) in [5.74, 6) is -0.966. The van der Waals surface area contributed by atoms with Crippen LogP contribution in [0.5, 0.6) is 0 Å². The minimum absolute atomic E-state index is 0.0500. The molecule has 0 atom stereocenters. The predicted molar refractivity (Wildman–Crippen MR) is 93.4 cm³/mol. The van der Waals surface area contributed by atoms with E-state index in [0.29, 0.717) is 29.9 Å². The van der Waals surface area contributed by atoms with E-state index >= 15 is 0 Å². The highest BCUT2D eigenvalue weighted by molar-refractivity contribution is 6.49. The highest BCUT2D eigenvalue weighted by atomic mass is 16.3. The molecule has 1 aliphatic heterocycles. The van der Waals surface area contributed by atoms with E-state index in [0.717, 1.165) is 5.39 Å². The lowest BCUT2D eigenvalue weighted by Crippen LogP contribution is -2.22. The van der Waals surface area contributed by atoms with Crippen molar-refractivity contribution in [3.63, 3.8) is 0 Å². The maximum atomic E-state index is 12.5. The van der Waals surface area contributed by atoms with Crippen LogP contribution in [-0.4, -0.2) is 43.0 Å². The van der Waals surface area contributed by atoms with Crippen LogP contribution in [0.4, 0.5) is 0 Å². The molecule has 0 saturated heterocycles. The molecule has 0 spiro atoms. The Labute approximate surface area is 148 Å². The maximum absolute atomic E-state index is 12.5. The van der Waals surface area contributed by atoms with Crippen LogP contribution in [0.15, 0.2) is 43.1 Å². The molecule has 0 saturated carbocycles. The van der Waals surface area contributed by atoms with E-state index in [-0.39, 0.29) is 17.8 Å². The Bertz CT molecular complexity index is 1040. The van der Waals surface area contributed by atoms with Gasteiger partial charge in [0.25, 0.3) is 11.8 Å². The smallest absolute Gasteiger partial charge is 0.261 e. The minimum Gasteiger partial charge on any atom is -0.396 e. The van der Waals surface area contributed by atoms with E-state index in [1.54, 1.807) is 18.5 Å². The van der Waals surface area contributed by atoms with Gasteiger partial charge in [-0.05, 0) is 18.6 Å². The number of pyridine rings is 1. The quantitative estimate of drug-likeness (QED) is 0.659. The number of hydrogen-bond acceptors (Lipinski definition) is 6. The first kappa shape index (κ1) is 16.1. The van der Waals surface area contributed by atoms with Crippen molar-refractivity contribution in [3.8, 4) is 0 Å². The Hall–Kier alpha value is -3.39. The lowest BCUT2D eigenvalue weighted by molar-refractivity contribution is -0.122. The van der Waals surface area contributed by atoms with Gasteiger partial charge < -0.3 is 9.67 Å². The molecule has 0 unspecified atom stereocenters. The lowest BCUT2D eigenvalue weighted by Gasteiger charge is -2.02. The number of nitrogens with one attached hydrogen (secondary N) is 1. The summed E-state index contributed by atoms with van der Waals surface area (Å²) in [6.07, 6.45) is 8.44. The molecule has 8 nitrogen and oxygen atoms in total. The van der Waals surface area contributed by atoms with Gasteiger partial charge in [0, 0.05) is 48.9 Å². The number of imide groups is 1. The summed E-state index contributed by atoms with van der Waals surface area (Å²) >= 11 is 0. The van der Waals surface area contributed by atoms with Crippen molar-refractivity contribution in [2.75, 3.05) is 6.61 Å². The summed E-state index contributed by atoms with van der Waals surface area (Å²) in [4.78, 5) is 37.4. The van der Waals surface area contributed by atoms with Gasteiger partial charge in [0.05, 0.1) is 23.0 Å². The van der Waals surface area contributed by atoms with Crippen molar-refractivity contribution in [1.82, 2.24) is 24.8 Å². The average molecular weight is 349 g/mol.